The lowest BCUT2D eigenvalue weighted by Crippen LogP contribution is -2.41. The minimum absolute atomic E-state index is 0.0235. The van der Waals surface area contributed by atoms with Crippen LogP contribution in [0, 0.1) is 23.7 Å². The molecule has 0 heterocycles. The van der Waals surface area contributed by atoms with Crippen molar-refractivity contribution in [2.75, 3.05) is 7.11 Å². The molecule has 0 aromatic heterocycles. The number of hydrogen-bond acceptors (Lipinski definition) is 4. The van der Waals surface area contributed by atoms with Gasteiger partial charge in [0.25, 0.3) is 0 Å². The first-order chi connectivity index (χ1) is 6.65. The van der Waals surface area contributed by atoms with Crippen molar-refractivity contribution in [2.24, 2.45) is 23.7 Å². The highest BCUT2D eigenvalue weighted by Gasteiger charge is 2.49. The van der Waals surface area contributed by atoms with Gasteiger partial charge in [0.15, 0.2) is 0 Å². The monoisotopic (exact) mass is 195 g/mol. The minimum atomic E-state index is -1.14. The van der Waals surface area contributed by atoms with E-state index in [-0.39, 0.29) is 11.8 Å². The van der Waals surface area contributed by atoms with Crippen LogP contribution in [0.25, 0.3) is 0 Å². The predicted molar refractivity (Wildman–Crippen MR) is 44.7 cm³/mol. The Kier molecular flexibility index (Phi) is 2.06. The molecule has 2 rings (SSSR count). The van der Waals surface area contributed by atoms with E-state index in [0.29, 0.717) is 0 Å². The normalized spacial score (nSPS) is 38.6. The maximum absolute atomic E-state index is 11.4. The molecule has 2 aliphatic rings. The van der Waals surface area contributed by atoms with Crippen LogP contribution in [-0.4, -0.2) is 19.0 Å². The summed E-state index contributed by atoms with van der Waals surface area (Å²) in [5.41, 5.74) is 0. The summed E-state index contributed by atoms with van der Waals surface area (Å²) in [6.07, 6.45) is 4.51. The lowest BCUT2D eigenvalue weighted by molar-refractivity contribution is -0.314. The summed E-state index contributed by atoms with van der Waals surface area (Å²) in [6.45, 7) is 0. The van der Waals surface area contributed by atoms with Gasteiger partial charge in [-0.3, -0.25) is 4.79 Å². The molecule has 0 spiro atoms. The van der Waals surface area contributed by atoms with E-state index in [4.69, 9.17) is 0 Å². The molecule has 0 N–H and O–H groups in total. The summed E-state index contributed by atoms with van der Waals surface area (Å²) in [4.78, 5) is 22.2. The van der Waals surface area contributed by atoms with Crippen molar-refractivity contribution in [1.82, 2.24) is 0 Å². The molecule has 0 amide bonds. The van der Waals surface area contributed by atoms with Crippen LogP contribution in [0.2, 0.25) is 0 Å². The summed E-state index contributed by atoms with van der Waals surface area (Å²) >= 11 is 0. The Morgan fingerprint density at radius 3 is 2.36 bits per heavy atom. The fraction of sp³-hybridized carbons (Fsp3) is 0.600. The number of carbonyl (C=O) groups is 2. The molecule has 0 aromatic rings. The number of allylic oxidation sites excluding steroid dienone is 2. The Balaban J connectivity index is 2.26. The Morgan fingerprint density at radius 2 is 1.86 bits per heavy atom. The summed E-state index contributed by atoms with van der Waals surface area (Å²) in [7, 11) is 1.28. The van der Waals surface area contributed by atoms with Gasteiger partial charge in [-0.15, -0.1) is 0 Å². The molecular weight excluding hydrogens is 184 g/mol. The maximum Gasteiger partial charge on any atom is 0.309 e. The standard InChI is InChI=1S/C10H12O4/c1-14-10(13)8-6-3-2-5(4-6)7(8)9(11)12/h2-3,5-8H,4H2,1H3,(H,11,12)/p-1. The SMILES string of the molecule is COC(=O)C1C2C=CC(C2)C1C(=O)[O-]. The van der Waals surface area contributed by atoms with Crippen LogP contribution in [0.5, 0.6) is 0 Å². The van der Waals surface area contributed by atoms with Crippen LogP contribution >= 0.6 is 0 Å². The zero-order valence-electron chi connectivity index (χ0n) is 7.80. The number of methoxy groups -OCH3 is 1. The Hall–Kier alpha value is -1.32. The van der Waals surface area contributed by atoms with Crippen molar-refractivity contribution in [3.63, 3.8) is 0 Å². The van der Waals surface area contributed by atoms with Crippen LogP contribution < -0.4 is 5.11 Å². The van der Waals surface area contributed by atoms with Gasteiger partial charge >= 0.3 is 5.97 Å². The third-order valence-electron chi connectivity index (χ3n) is 3.20. The van der Waals surface area contributed by atoms with E-state index in [1.165, 1.54) is 7.11 Å². The van der Waals surface area contributed by atoms with Crippen molar-refractivity contribution in [3.05, 3.63) is 12.2 Å². The van der Waals surface area contributed by atoms with Crippen LogP contribution in [0.3, 0.4) is 0 Å². The first-order valence-corrected chi connectivity index (χ1v) is 4.62. The van der Waals surface area contributed by atoms with Crippen LogP contribution in [0.1, 0.15) is 6.42 Å². The molecule has 0 aliphatic heterocycles. The van der Waals surface area contributed by atoms with E-state index in [0.717, 1.165) is 6.42 Å². The molecule has 0 aromatic carbocycles. The zero-order valence-corrected chi connectivity index (χ0v) is 7.80. The van der Waals surface area contributed by atoms with Gasteiger partial charge in [-0.2, -0.15) is 0 Å². The summed E-state index contributed by atoms with van der Waals surface area (Å²) in [5, 5.41) is 10.9. The van der Waals surface area contributed by atoms with E-state index >= 15 is 0 Å². The average Bonchev–Trinajstić information content (AvgIpc) is 2.74. The van der Waals surface area contributed by atoms with E-state index < -0.39 is 23.8 Å². The van der Waals surface area contributed by atoms with Gasteiger partial charge in [0, 0.05) is 11.9 Å². The third-order valence-corrected chi connectivity index (χ3v) is 3.20. The second-order valence-corrected chi connectivity index (χ2v) is 3.84. The van der Waals surface area contributed by atoms with E-state index in [9.17, 15) is 14.7 Å². The Morgan fingerprint density at radius 1 is 1.29 bits per heavy atom. The van der Waals surface area contributed by atoms with Crippen LogP contribution in [0.4, 0.5) is 0 Å². The highest BCUT2D eigenvalue weighted by Crippen LogP contribution is 2.48. The molecule has 2 aliphatic carbocycles. The molecule has 4 atom stereocenters. The molecular formula is C10H11O4-. The third kappa shape index (κ3) is 1.14. The molecule has 76 valence electrons. The fourth-order valence-electron chi connectivity index (χ4n) is 2.60. The van der Waals surface area contributed by atoms with Crippen molar-refractivity contribution < 1.29 is 19.4 Å². The van der Waals surface area contributed by atoms with Gasteiger partial charge < -0.3 is 14.6 Å². The average molecular weight is 195 g/mol. The van der Waals surface area contributed by atoms with Gasteiger partial charge in [0.05, 0.1) is 13.0 Å². The van der Waals surface area contributed by atoms with Crippen molar-refractivity contribution in [1.29, 1.82) is 0 Å². The number of aliphatic carboxylic acids is 1. The molecule has 4 heteroatoms. The number of carbonyl (C=O) groups excluding carboxylic acids is 2. The van der Waals surface area contributed by atoms with E-state index in [1.807, 2.05) is 12.2 Å². The number of esters is 1. The molecule has 4 nitrogen and oxygen atoms in total. The van der Waals surface area contributed by atoms with Gasteiger partial charge in [-0.1, -0.05) is 12.2 Å². The second kappa shape index (κ2) is 3.12. The Labute approximate surface area is 81.6 Å². The first-order valence-electron chi connectivity index (χ1n) is 4.62. The quantitative estimate of drug-likeness (QED) is 0.433. The van der Waals surface area contributed by atoms with E-state index in [2.05, 4.69) is 4.74 Å². The van der Waals surface area contributed by atoms with Gasteiger partial charge in [-0.05, 0) is 18.3 Å². The number of fused-ring (bicyclic) bond motifs is 2. The first kappa shape index (κ1) is 9.24. The molecule has 1 saturated carbocycles. The number of rotatable bonds is 2. The van der Waals surface area contributed by atoms with Crippen LogP contribution in [0.15, 0.2) is 12.2 Å². The van der Waals surface area contributed by atoms with Crippen molar-refractivity contribution in [2.45, 2.75) is 6.42 Å². The minimum Gasteiger partial charge on any atom is -0.550 e. The van der Waals surface area contributed by atoms with Crippen molar-refractivity contribution >= 4 is 11.9 Å². The summed E-state index contributed by atoms with van der Waals surface area (Å²) < 4.78 is 4.60. The Bertz CT molecular complexity index is 307. The molecule has 0 saturated heterocycles. The topological polar surface area (TPSA) is 66.4 Å². The highest BCUT2D eigenvalue weighted by atomic mass is 16.5. The van der Waals surface area contributed by atoms with Crippen molar-refractivity contribution in [3.8, 4) is 0 Å². The number of ether oxygens (including phenoxy) is 1. The predicted octanol–water partition coefficient (Wildman–Crippen LogP) is -0.652. The number of carboxylic acids is 1. The number of hydrogen-bond donors (Lipinski definition) is 0. The smallest absolute Gasteiger partial charge is 0.309 e. The largest absolute Gasteiger partial charge is 0.550 e. The number of carboxylic acid groups (broad SMARTS) is 1. The molecule has 0 radical (unpaired) electrons. The fourth-order valence-corrected chi connectivity index (χ4v) is 2.60. The van der Waals surface area contributed by atoms with Gasteiger partial charge in [0.1, 0.15) is 0 Å². The summed E-state index contributed by atoms with van der Waals surface area (Å²) in [5.74, 6) is -2.84. The van der Waals surface area contributed by atoms with E-state index in [1.54, 1.807) is 0 Å². The zero-order chi connectivity index (χ0) is 10.3. The van der Waals surface area contributed by atoms with Crippen LogP contribution in [-0.2, 0) is 14.3 Å². The molecule has 4 unspecified atom stereocenters. The second-order valence-electron chi connectivity index (χ2n) is 3.84. The lowest BCUT2D eigenvalue weighted by Gasteiger charge is -2.26. The lowest BCUT2D eigenvalue weighted by atomic mass is 9.83. The maximum atomic E-state index is 11.4. The molecule has 14 heavy (non-hydrogen) atoms. The molecule has 1 fully saturated rings. The summed E-state index contributed by atoms with van der Waals surface area (Å²) in [6, 6.07) is 0. The molecule has 2 bridgehead atoms. The highest BCUT2D eigenvalue weighted by molar-refractivity contribution is 5.82. The van der Waals surface area contributed by atoms with Gasteiger partial charge in [0.2, 0.25) is 0 Å². The van der Waals surface area contributed by atoms with Gasteiger partial charge in [-0.25, -0.2) is 0 Å².